The van der Waals surface area contributed by atoms with Gasteiger partial charge in [-0.05, 0) is 55.6 Å². The zero-order valence-electron chi connectivity index (χ0n) is 15.6. The first kappa shape index (κ1) is 19.1. The number of rotatable bonds is 7. The van der Waals surface area contributed by atoms with Gasteiger partial charge in [0.1, 0.15) is 0 Å². The molecule has 2 fully saturated rings. The predicted octanol–water partition coefficient (Wildman–Crippen LogP) is 5.51. The Balaban J connectivity index is 1.62. The molecular formula is C21H28F2O3. The van der Waals surface area contributed by atoms with Crippen molar-refractivity contribution in [1.82, 2.24) is 0 Å². The van der Waals surface area contributed by atoms with Crippen molar-refractivity contribution in [2.24, 2.45) is 23.7 Å². The Labute approximate surface area is 154 Å². The number of carbonyl (C=O) groups excluding carboxylic acids is 1. The number of carbonyl (C=O) groups is 1. The molecule has 0 amide bonds. The summed E-state index contributed by atoms with van der Waals surface area (Å²) in [5.41, 5.74) is 0. The van der Waals surface area contributed by atoms with E-state index in [1.165, 1.54) is 51.3 Å². The zero-order valence-corrected chi connectivity index (χ0v) is 15.6. The van der Waals surface area contributed by atoms with Gasteiger partial charge in [0.05, 0.1) is 13.0 Å². The van der Waals surface area contributed by atoms with E-state index in [0.29, 0.717) is 17.8 Å². The molecule has 144 valence electrons. The molecule has 2 saturated carbocycles. The highest BCUT2D eigenvalue weighted by atomic mass is 19.2. The molecule has 3 nitrogen and oxygen atoms in total. The van der Waals surface area contributed by atoms with Crippen LogP contribution in [0.15, 0.2) is 12.1 Å². The van der Waals surface area contributed by atoms with Gasteiger partial charge in [-0.15, -0.1) is 0 Å². The molecule has 0 aliphatic heterocycles. The quantitative estimate of drug-likeness (QED) is 0.362. The van der Waals surface area contributed by atoms with Crippen LogP contribution in [0.5, 0.6) is 11.5 Å². The van der Waals surface area contributed by atoms with Crippen LogP contribution in [0.4, 0.5) is 8.78 Å². The fourth-order valence-corrected chi connectivity index (χ4v) is 4.96. The van der Waals surface area contributed by atoms with Crippen LogP contribution in [0.2, 0.25) is 0 Å². The molecule has 1 aromatic carbocycles. The Morgan fingerprint density at radius 3 is 2.46 bits per heavy atom. The van der Waals surface area contributed by atoms with Crippen molar-refractivity contribution in [2.75, 3.05) is 7.11 Å². The molecule has 2 aliphatic rings. The molecule has 0 spiro atoms. The smallest absolute Gasteiger partial charge is 0.314 e. The third-order valence-electron chi connectivity index (χ3n) is 6.28. The van der Waals surface area contributed by atoms with E-state index in [1.54, 1.807) is 0 Å². The number of ether oxygens (including phenoxy) is 2. The van der Waals surface area contributed by atoms with Gasteiger partial charge in [-0.25, -0.2) is 0 Å². The topological polar surface area (TPSA) is 35.5 Å². The molecule has 4 atom stereocenters. The number of halogens is 2. The molecule has 2 aliphatic carbocycles. The zero-order chi connectivity index (χ0) is 18.7. The third kappa shape index (κ3) is 3.72. The van der Waals surface area contributed by atoms with E-state index in [1.807, 2.05) is 0 Å². The lowest BCUT2D eigenvalue weighted by atomic mass is 9.86. The minimum absolute atomic E-state index is 0.194. The second-order valence-corrected chi connectivity index (χ2v) is 7.66. The van der Waals surface area contributed by atoms with Crippen molar-refractivity contribution in [1.29, 1.82) is 0 Å². The molecule has 0 bridgehead atoms. The van der Waals surface area contributed by atoms with Crippen LogP contribution in [0.25, 0.3) is 0 Å². The largest absolute Gasteiger partial charge is 0.494 e. The van der Waals surface area contributed by atoms with Crippen LogP contribution in [-0.4, -0.2) is 13.1 Å². The average molecular weight is 366 g/mol. The van der Waals surface area contributed by atoms with Gasteiger partial charge in [0.25, 0.3) is 0 Å². The van der Waals surface area contributed by atoms with Crippen molar-refractivity contribution in [2.45, 2.75) is 58.3 Å². The summed E-state index contributed by atoms with van der Waals surface area (Å²) in [5.74, 6) is -1.84. The van der Waals surface area contributed by atoms with Gasteiger partial charge in [0.2, 0.25) is 11.6 Å². The molecule has 3 rings (SSSR count). The van der Waals surface area contributed by atoms with Crippen molar-refractivity contribution >= 4 is 5.97 Å². The maximum atomic E-state index is 14.1. The van der Waals surface area contributed by atoms with E-state index in [9.17, 15) is 13.6 Å². The van der Waals surface area contributed by atoms with E-state index in [0.717, 1.165) is 19.3 Å². The van der Waals surface area contributed by atoms with E-state index in [4.69, 9.17) is 9.47 Å². The molecule has 1 aromatic rings. The number of hydrogen-bond donors (Lipinski definition) is 0. The lowest BCUT2D eigenvalue weighted by Crippen LogP contribution is -2.25. The first-order valence-electron chi connectivity index (χ1n) is 9.80. The number of benzene rings is 1. The van der Waals surface area contributed by atoms with Gasteiger partial charge in [0.15, 0.2) is 11.5 Å². The highest BCUT2D eigenvalue weighted by Crippen LogP contribution is 2.52. The summed E-state index contributed by atoms with van der Waals surface area (Å²) < 4.78 is 37.9. The number of methoxy groups -OCH3 is 1. The van der Waals surface area contributed by atoms with Crippen LogP contribution in [0, 0.1) is 35.3 Å². The average Bonchev–Trinajstić information content (AvgIpc) is 3.22. The van der Waals surface area contributed by atoms with Crippen molar-refractivity contribution in [3.63, 3.8) is 0 Å². The molecular weight excluding hydrogens is 338 g/mol. The molecule has 4 unspecified atom stereocenters. The highest BCUT2D eigenvalue weighted by molar-refractivity contribution is 5.76. The van der Waals surface area contributed by atoms with Gasteiger partial charge >= 0.3 is 5.97 Å². The van der Waals surface area contributed by atoms with Crippen LogP contribution < -0.4 is 9.47 Å². The van der Waals surface area contributed by atoms with Gasteiger partial charge in [0, 0.05) is 0 Å². The minimum atomic E-state index is -1.17. The number of unbranched alkanes of at least 4 members (excludes halogenated alkanes) is 2. The molecule has 0 aromatic heterocycles. The summed E-state index contributed by atoms with van der Waals surface area (Å²) in [6.45, 7) is 2.21. The van der Waals surface area contributed by atoms with E-state index < -0.39 is 17.6 Å². The SMILES string of the molecule is CCCCCC1CCC2C(C(=O)Oc3ccc(OC)c(F)c3F)CCC12. The second kappa shape index (κ2) is 8.36. The summed E-state index contributed by atoms with van der Waals surface area (Å²) in [4.78, 5) is 12.6. The molecule has 26 heavy (non-hydrogen) atoms. The van der Waals surface area contributed by atoms with E-state index >= 15 is 0 Å². The fraction of sp³-hybridized carbons (Fsp3) is 0.667. The molecule has 0 radical (unpaired) electrons. The Kier molecular flexibility index (Phi) is 6.15. The summed E-state index contributed by atoms with van der Waals surface area (Å²) >= 11 is 0. The summed E-state index contributed by atoms with van der Waals surface area (Å²) in [6, 6.07) is 2.53. The summed E-state index contributed by atoms with van der Waals surface area (Å²) in [6.07, 6.45) is 9.04. The van der Waals surface area contributed by atoms with Crippen LogP contribution in [-0.2, 0) is 4.79 Å². The fourth-order valence-electron chi connectivity index (χ4n) is 4.96. The van der Waals surface area contributed by atoms with Crippen LogP contribution >= 0.6 is 0 Å². The van der Waals surface area contributed by atoms with Gasteiger partial charge in [-0.2, -0.15) is 8.78 Å². The lowest BCUT2D eigenvalue weighted by molar-refractivity contribution is -0.140. The maximum absolute atomic E-state index is 14.1. The lowest BCUT2D eigenvalue weighted by Gasteiger charge is -2.20. The van der Waals surface area contributed by atoms with Gasteiger partial charge in [-0.3, -0.25) is 4.79 Å². The Morgan fingerprint density at radius 2 is 1.73 bits per heavy atom. The van der Waals surface area contributed by atoms with E-state index in [2.05, 4.69) is 6.92 Å². The third-order valence-corrected chi connectivity index (χ3v) is 6.28. The number of esters is 1. The number of fused-ring (bicyclic) bond motifs is 1. The van der Waals surface area contributed by atoms with Gasteiger partial charge < -0.3 is 9.47 Å². The second-order valence-electron chi connectivity index (χ2n) is 7.66. The van der Waals surface area contributed by atoms with Gasteiger partial charge in [-0.1, -0.05) is 32.6 Å². The van der Waals surface area contributed by atoms with Crippen molar-refractivity contribution < 1.29 is 23.0 Å². The van der Waals surface area contributed by atoms with Crippen LogP contribution in [0.1, 0.15) is 58.3 Å². The minimum Gasteiger partial charge on any atom is -0.494 e. The molecule has 0 saturated heterocycles. The van der Waals surface area contributed by atoms with Crippen molar-refractivity contribution in [3.05, 3.63) is 23.8 Å². The van der Waals surface area contributed by atoms with E-state index in [-0.39, 0.29) is 17.4 Å². The van der Waals surface area contributed by atoms with Crippen LogP contribution in [0.3, 0.4) is 0 Å². The highest BCUT2D eigenvalue weighted by Gasteiger charge is 2.47. The Morgan fingerprint density at radius 1 is 1.04 bits per heavy atom. The maximum Gasteiger partial charge on any atom is 0.314 e. The predicted molar refractivity (Wildman–Crippen MR) is 95.1 cm³/mol. The Hall–Kier alpha value is -1.65. The standard InChI is InChI=1S/C21H28F2O3/c1-3-4-5-6-13-7-8-15-14(13)9-10-16(15)21(24)26-18-12-11-17(25-2)19(22)20(18)23/h11-16H,3-10H2,1-2H3. The number of hydrogen-bond acceptors (Lipinski definition) is 3. The monoisotopic (exact) mass is 366 g/mol. The normalized spacial score (nSPS) is 27.4. The molecule has 5 heteroatoms. The first-order valence-corrected chi connectivity index (χ1v) is 9.80. The van der Waals surface area contributed by atoms with Crippen molar-refractivity contribution in [3.8, 4) is 11.5 Å². The summed E-state index contributed by atoms with van der Waals surface area (Å²) in [5, 5.41) is 0. The first-order chi connectivity index (χ1) is 12.6. The Bertz CT molecular complexity index is 646. The molecule has 0 N–H and O–H groups in total. The molecule has 0 heterocycles. The summed E-state index contributed by atoms with van der Waals surface area (Å²) in [7, 11) is 1.26.